The number of nitrogens with zero attached hydrogens (tertiary/aromatic N) is 3. The van der Waals surface area contributed by atoms with Crippen LogP contribution < -0.4 is 5.32 Å². The zero-order valence-corrected chi connectivity index (χ0v) is 26.7. The van der Waals surface area contributed by atoms with Crippen LogP contribution in [0.5, 0.6) is 0 Å². The first-order valence-electron chi connectivity index (χ1n) is 14.2. The van der Waals surface area contributed by atoms with Crippen molar-refractivity contribution in [3.63, 3.8) is 0 Å². The van der Waals surface area contributed by atoms with E-state index in [9.17, 15) is 14.7 Å². The third-order valence-corrected chi connectivity index (χ3v) is 5.85. The first kappa shape index (κ1) is 37.0. The number of likely N-dealkylation sites (tertiary alicyclic amines) is 1. The van der Waals surface area contributed by atoms with Crippen LogP contribution in [0.3, 0.4) is 0 Å². The maximum Gasteiger partial charge on any atom is 0.230 e. The third kappa shape index (κ3) is 15.5. The minimum atomic E-state index is -0.370. The Balaban J connectivity index is 0.000000590. The van der Waals surface area contributed by atoms with Gasteiger partial charge in [-0.05, 0) is 37.3 Å². The molecular weight excluding hydrogens is 524 g/mol. The maximum atomic E-state index is 11.7. The van der Waals surface area contributed by atoms with Crippen LogP contribution in [0.15, 0.2) is 40.4 Å². The van der Waals surface area contributed by atoms with Gasteiger partial charge in [-0.15, -0.1) is 11.3 Å². The minimum absolute atomic E-state index is 0.0114. The highest BCUT2D eigenvalue weighted by molar-refractivity contribution is 7.13. The monoisotopic (exact) mass is 574 g/mol. The molecule has 2 amide bonds. The van der Waals surface area contributed by atoms with Crippen LogP contribution in [-0.2, 0) is 22.6 Å². The summed E-state index contributed by atoms with van der Waals surface area (Å²) in [4.78, 5) is 28.9. The molecule has 2 aromatic heterocycles. The number of nitrogens with one attached hydrogen (secondary N) is 1. The van der Waals surface area contributed by atoms with E-state index in [-0.39, 0.29) is 18.4 Å². The molecule has 0 bridgehead atoms. The van der Waals surface area contributed by atoms with Crippen molar-refractivity contribution in [1.29, 1.82) is 0 Å². The highest BCUT2D eigenvalue weighted by Gasteiger charge is 2.25. The van der Waals surface area contributed by atoms with Gasteiger partial charge in [-0.2, -0.15) is 0 Å². The lowest BCUT2D eigenvalue weighted by molar-refractivity contribution is -0.130. The van der Waals surface area contributed by atoms with Gasteiger partial charge >= 0.3 is 0 Å². The van der Waals surface area contributed by atoms with Crippen molar-refractivity contribution < 1.29 is 19.2 Å². The number of amides is 2. The number of aryl methyl sites for hydroxylation is 2. The lowest BCUT2D eigenvalue weighted by atomic mass is 10.1. The van der Waals surface area contributed by atoms with Gasteiger partial charge in [0.25, 0.3) is 0 Å². The molecule has 3 heterocycles. The summed E-state index contributed by atoms with van der Waals surface area (Å²) in [6, 6.07) is 9.91. The second-order valence-electron chi connectivity index (χ2n) is 9.80. The first-order valence-corrected chi connectivity index (χ1v) is 15.0. The van der Waals surface area contributed by atoms with Gasteiger partial charge < -0.3 is 19.8 Å². The molecule has 9 heteroatoms. The standard InChI is InChI=1S/C12H12N2OS.C10H14N2O3.C4H10.C3H8.C2H6/c1-9-12(16-8-14-9)11-4-2-10(3-5-11)6-13-7-15;1-7-4-9(15-11-7)5-10(14)12-3-2-8(13)6-12;1-4(2)3;1-3-2;1-2/h2-5,7-8H,6H2,1H3,(H,13,15);4,8,13H,2-3,5-6H2,1H3;4H,1-3H3;3H2,1-2H3;1-2H3. The second kappa shape index (κ2) is 21.7. The van der Waals surface area contributed by atoms with Crippen LogP contribution in [0.2, 0.25) is 0 Å². The van der Waals surface area contributed by atoms with E-state index in [1.165, 1.54) is 16.9 Å². The Morgan fingerprint density at radius 1 is 1.20 bits per heavy atom. The van der Waals surface area contributed by atoms with Crippen LogP contribution in [0.1, 0.15) is 84.0 Å². The molecule has 224 valence electrons. The van der Waals surface area contributed by atoms with Crippen LogP contribution in [0, 0.1) is 19.8 Å². The number of rotatable bonds is 6. The number of β-amino-alcohol motifs (C(OH)–C–C–N with tert-alkyl or cyclic N) is 1. The highest BCUT2D eigenvalue weighted by Crippen LogP contribution is 2.27. The van der Waals surface area contributed by atoms with E-state index < -0.39 is 0 Å². The smallest absolute Gasteiger partial charge is 0.230 e. The molecule has 1 aliphatic rings. The third-order valence-electron chi connectivity index (χ3n) is 4.87. The van der Waals surface area contributed by atoms with E-state index in [1.54, 1.807) is 22.3 Å². The van der Waals surface area contributed by atoms with E-state index in [4.69, 9.17) is 4.52 Å². The summed E-state index contributed by atoms with van der Waals surface area (Å²) in [6.45, 7) is 20.2. The Hall–Kier alpha value is -3.04. The van der Waals surface area contributed by atoms with Crippen molar-refractivity contribution in [2.75, 3.05) is 13.1 Å². The van der Waals surface area contributed by atoms with Gasteiger partial charge in [0.2, 0.25) is 12.3 Å². The van der Waals surface area contributed by atoms with Crippen LogP contribution in [-0.4, -0.2) is 51.7 Å². The van der Waals surface area contributed by atoms with Crippen LogP contribution in [0.25, 0.3) is 10.4 Å². The van der Waals surface area contributed by atoms with Gasteiger partial charge in [-0.25, -0.2) is 4.98 Å². The van der Waals surface area contributed by atoms with E-state index in [2.05, 4.69) is 62.2 Å². The fourth-order valence-electron chi connectivity index (χ4n) is 3.24. The average molecular weight is 575 g/mol. The molecule has 2 N–H and O–H groups in total. The number of aromatic nitrogens is 2. The summed E-state index contributed by atoms with van der Waals surface area (Å²) < 4.78 is 4.96. The minimum Gasteiger partial charge on any atom is -0.391 e. The maximum absolute atomic E-state index is 11.7. The lowest BCUT2D eigenvalue weighted by Crippen LogP contribution is -2.30. The van der Waals surface area contributed by atoms with Crippen molar-refractivity contribution in [1.82, 2.24) is 20.4 Å². The van der Waals surface area contributed by atoms with Gasteiger partial charge in [0.1, 0.15) is 5.76 Å². The Labute approximate surface area is 245 Å². The molecule has 0 radical (unpaired) electrons. The number of hydrogen-bond acceptors (Lipinski definition) is 7. The number of aliphatic hydroxyl groups excluding tert-OH is 1. The van der Waals surface area contributed by atoms with Crippen molar-refractivity contribution in [2.45, 2.75) is 94.2 Å². The number of benzene rings is 1. The fourth-order valence-corrected chi connectivity index (χ4v) is 4.05. The summed E-state index contributed by atoms with van der Waals surface area (Å²) in [5, 5.41) is 15.6. The van der Waals surface area contributed by atoms with Crippen molar-refractivity contribution in [3.05, 3.63) is 58.6 Å². The molecule has 3 aromatic rings. The SMILES string of the molecule is CC.CC(C)C.CCC.Cc1cc(CC(=O)N2CCC(O)C2)on1.Cc1ncsc1-c1ccc(CNC=O)cc1. The lowest BCUT2D eigenvalue weighted by Gasteiger charge is -2.13. The number of carbonyl (C=O) groups is 2. The zero-order valence-electron chi connectivity index (χ0n) is 25.9. The predicted molar refractivity (Wildman–Crippen MR) is 165 cm³/mol. The number of aliphatic hydroxyl groups is 1. The Kier molecular flexibility index (Phi) is 20.1. The van der Waals surface area contributed by atoms with Gasteiger partial charge in [-0.1, -0.05) is 84.3 Å². The molecule has 1 aromatic carbocycles. The van der Waals surface area contributed by atoms with Crippen molar-refractivity contribution >= 4 is 23.7 Å². The van der Waals surface area contributed by atoms with Crippen LogP contribution >= 0.6 is 11.3 Å². The predicted octanol–water partition coefficient (Wildman–Crippen LogP) is 6.59. The average Bonchev–Trinajstić information content (AvgIpc) is 3.66. The van der Waals surface area contributed by atoms with E-state index in [0.717, 1.165) is 22.9 Å². The van der Waals surface area contributed by atoms with Crippen molar-refractivity contribution in [3.8, 4) is 10.4 Å². The van der Waals surface area contributed by atoms with Gasteiger partial charge in [0.15, 0.2) is 0 Å². The van der Waals surface area contributed by atoms with E-state index in [1.807, 2.05) is 45.3 Å². The molecule has 1 aliphatic heterocycles. The van der Waals surface area contributed by atoms with Gasteiger partial charge in [-0.3, -0.25) is 9.59 Å². The normalized spacial score (nSPS) is 13.4. The number of carbonyl (C=O) groups excluding carboxylic acids is 2. The Bertz CT molecular complexity index is 1060. The molecule has 1 unspecified atom stereocenters. The number of thiazole rings is 1. The van der Waals surface area contributed by atoms with E-state index in [0.29, 0.717) is 38.2 Å². The summed E-state index contributed by atoms with van der Waals surface area (Å²) in [5.74, 6) is 1.40. The zero-order chi connectivity index (χ0) is 30.5. The largest absolute Gasteiger partial charge is 0.391 e. The molecular formula is C31H50N4O4S. The van der Waals surface area contributed by atoms with Gasteiger partial charge in [0, 0.05) is 25.7 Å². The summed E-state index contributed by atoms with van der Waals surface area (Å²) >= 11 is 1.64. The first-order chi connectivity index (χ1) is 19.1. The topological polar surface area (TPSA) is 109 Å². The molecule has 1 atom stereocenters. The molecule has 1 fully saturated rings. The molecule has 0 aliphatic carbocycles. The molecule has 40 heavy (non-hydrogen) atoms. The fraction of sp³-hybridized carbons (Fsp3) is 0.548. The highest BCUT2D eigenvalue weighted by atomic mass is 32.1. The van der Waals surface area contributed by atoms with Gasteiger partial charge in [0.05, 0.1) is 34.3 Å². The molecule has 4 rings (SSSR count). The van der Waals surface area contributed by atoms with Crippen molar-refractivity contribution in [2.24, 2.45) is 5.92 Å². The quantitative estimate of drug-likeness (QED) is 0.322. The summed E-state index contributed by atoms with van der Waals surface area (Å²) in [7, 11) is 0. The summed E-state index contributed by atoms with van der Waals surface area (Å²) in [6.07, 6.45) is 2.49. The molecule has 1 saturated heterocycles. The van der Waals surface area contributed by atoms with Crippen LogP contribution in [0.4, 0.5) is 0 Å². The summed E-state index contributed by atoms with van der Waals surface area (Å²) in [5.41, 5.74) is 5.96. The Morgan fingerprint density at radius 3 is 2.23 bits per heavy atom. The molecule has 0 saturated carbocycles. The van der Waals surface area contributed by atoms with E-state index >= 15 is 0 Å². The Morgan fingerprint density at radius 2 is 1.80 bits per heavy atom. The molecule has 8 nitrogen and oxygen atoms in total. The number of hydrogen-bond donors (Lipinski definition) is 2. The molecule has 0 spiro atoms. The second-order valence-corrected chi connectivity index (χ2v) is 10.7.